The second-order valence-corrected chi connectivity index (χ2v) is 4.96. The molecule has 4 nitrogen and oxygen atoms in total. The molecular weight excluding hydrogens is 231 g/mol. The minimum atomic E-state index is -0.974. The standard InChI is InChI=1S/C10H13FN2O2S/c1-7(6-16(2)15)13-10(14)8-3-4-12-9(11)5-8/h3-5,7H,6H2,1-2H3,(H,13,14). The average Bonchev–Trinajstić information content (AvgIpc) is 2.16. The van der Waals surface area contributed by atoms with Gasteiger partial charge in [0.25, 0.3) is 5.91 Å². The van der Waals surface area contributed by atoms with Gasteiger partial charge in [0.2, 0.25) is 5.95 Å². The van der Waals surface area contributed by atoms with E-state index in [9.17, 15) is 13.4 Å². The van der Waals surface area contributed by atoms with Crippen molar-refractivity contribution in [3.63, 3.8) is 0 Å². The van der Waals surface area contributed by atoms with Crippen molar-refractivity contribution in [2.45, 2.75) is 13.0 Å². The van der Waals surface area contributed by atoms with Crippen molar-refractivity contribution in [3.8, 4) is 0 Å². The Kier molecular flexibility index (Phi) is 4.54. The van der Waals surface area contributed by atoms with Crippen LogP contribution in [0, 0.1) is 5.95 Å². The highest BCUT2D eigenvalue weighted by atomic mass is 32.2. The van der Waals surface area contributed by atoms with Gasteiger partial charge < -0.3 is 5.32 Å². The summed E-state index contributed by atoms with van der Waals surface area (Å²) in [4.78, 5) is 14.9. The zero-order valence-electron chi connectivity index (χ0n) is 9.07. The molecule has 1 aromatic heterocycles. The van der Waals surface area contributed by atoms with E-state index in [-0.39, 0.29) is 17.5 Å². The number of hydrogen-bond donors (Lipinski definition) is 1. The summed E-state index contributed by atoms with van der Waals surface area (Å²) in [6.07, 6.45) is 2.79. The molecule has 1 amide bonds. The Morgan fingerprint density at radius 1 is 1.69 bits per heavy atom. The van der Waals surface area contributed by atoms with Crippen LogP contribution in [0.15, 0.2) is 18.3 Å². The van der Waals surface area contributed by atoms with E-state index in [1.54, 1.807) is 13.2 Å². The maximum atomic E-state index is 12.7. The van der Waals surface area contributed by atoms with Crippen LogP contribution in [0.3, 0.4) is 0 Å². The Balaban J connectivity index is 2.62. The lowest BCUT2D eigenvalue weighted by Crippen LogP contribution is -2.36. The van der Waals surface area contributed by atoms with Gasteiger partial charge in [0, 0.05) is 46.7 Å². The number of rotatable bonds is 4. The second kappa shape index (κ2) is 5.69. The first-order valence-electron chi connectivity index (χ1n) is 4.71. The monoisotopic (exact) mass is 244 g/mol. The number of carbonyl (C=O) groups excluding carboxylic acids is 1. The van der Waals surface area contributed by atoms with Crippen molar-refractivity contribution in [1.29, 1.82) is 0 Å². The fraction of sp³-hybridized carbons (Fsp3) is 0.400. The number of aromatic nitrogens is 1. The van der Waals surface area contributed by atoms with Crippen molar-refractivity contribution >= 4 is 16.7 Å². The van der Waals surface area contributed by atoms with Gasteiger partial charge in [-0.15, -0.1) is 0 Å². The Bertz CT molecular complexity index is 412. The summed E-state index contributed by atoms with van der Waals surface area (Å²) < 4.78 is 23.7. The molecule has 0 saturated heterocycles. The smallest absolute Gasteiger partial charge is 0.251 e. The molecule has 0 radical (unpaired) electrons. The van der Waals surface area contributed by atoms with Crippen molar-refractivity contribution in [3.05, 3.63) is 29.8 Å². The van der Waals surface area contributed by atoms with E-state index in [2.05, 4.69) is 10.3 Å². The lowest BCUT2D eigenvalue weighted by Gasteiger charge is -2.12. The molecule has 1 N–H and O–H groups in total. The third-order valence-corrected chi connectivity index (χ3v) is 2.82. The van der Waals surface area contributed by atoms with Crippen LogP contribution >= 0.6 is 0 Å². The normalized spacial score (nSPS) is 14.2. The van der Waals surface area contributed by atoms with Gasteiger partial charge in [-0.1, -0.05) is 0 Å². The summed E-state index contributed by atoms with van der Waals surface area (Å²) >= 11 is 0. The fourth-order valence-corrected chi connectivity index (χ4v) is 2.03. The predicted octanol–water partition coefficient (Wildman–Crippen LogP) is 0.717. The molecule has 16 heavy (non-hydrogen) atoms. The van der Waals surface area contributed by atoms with Crippen LogP contribution in [-0.4, -0.2) is 33.2 Å². The molecule has 6 heteroatoms. The largest absolute Gasteiger partial charge is 0.349 e. The van der Waals surface area contributed by atoms with Gasteiger partial charge in [0.1, 0.15) is 0 Å². The van der Waals surface area contributed by atoms with Gasteiger partial charge >= 0.3 is 0 Å². The van der Waals surface area contributed by atoms with Crippen LogP contribution in [0.4, 0.5) is 4.39 Å². The minimum absolute atomic E-state index is 0.209. The molecule has 0 fully saturated rings. The molecule has 1 heterocycles. The van der Waals surface area contributed by atoms with Crippen LogP contribution in [0.1, 0.15) is 17.3 Å². The first-order chi connectivity index (χ1) is 7.49. The molecule has 2 unspecified atom stereocenters. The number of amides is 1. The van der Waals surface area contributed by atoms with Crippen molar-refractivity contribution in [2.75, 3.05) is 12.0 Å². The number of halogens is 1. The zero-order valence-corrected chi connectivity index (χ0v) is 9.88. The second-order valence-electron chi connectivity index (χ2n) is 3.48. The topological polar surface area (TPSA) is 59.1 Å². The molecule has 0 spiro atoms. The first kappa shape index (κ1) is 12.8. The van der Waals surface area contributed by atoms with E-state index < -0.39 is 16.7 Å². The van der Waals surface area contributed by atoms with Crippen LogP contribution in [-0.2, 0) is 10.8 Å². The van der Waals surface area contributed by atoms with Crippen molar-refractivity contribution < 1.29 is 13.4 Å². The highest BCUT2D eigenvalue weighted by Crippen LogP contribution is 2.01. The molecule has 0 saturated carbocycles. The maximum absolute atomic E-state index is 12.7. The summed E-state index contributed by atoms with van der Waals surface area (Å²) in [5.41, 5.74) is 0.209. The van der Waals surface area contributed by atoms with E-state index in [1.165, 1.54) is 12.3 Å². The lowest BCUT2D eigenvalue weighted by atomic mass is 10.2. The molecule has 88 valence electrons. The number of hydrogen-bond acceptors (Lipinski definition) is 3. The molecule has 1 aromatic rings. The third kappa shape index (κ3) is 4.06. The van der Waals surface area contributed by atoms with E-state index in [0.29, 0.717) is 5.75 Å². The minimum Gasteiger partial charge on any atom is -0.349 e. The number of pyridine rings is 1. The van der Waals surface area contributed by atoms with E-state index in [4.69, 9.17) is 0 Å². The summed E-state index contributed by atoms with van der Waals surface area (Å²) in [7, 11) is -0.974. The van der Waals surface area contributed by atoms with Gasteiger partial charge in [-0.05, 0) is 13.0 Å². The average molecular weight is 244 g/mol. The number of nitrogens with one attached hydrogen (secondary N) is 1. The molecule has 2 atom stereocenters. The first-order valence-corrected chi connectivity index (χ1v) is 6.44. The van der Waals surface area contributed by atoms with Crippen LogP contribution in [0.2, 0.25) is 0 Å². The Labute approximate surface area is 95.7 Å². The SMILES string of the molecule is CC(CS(C)=O)NC(=O)c1ccnc(F)c1. The molecule has 0 bridgehead atoms. The Morgan fingerprint density at radius 2 is 2.38 bits per heavy atom. The van der Waals surface area contributed by atoms with Gasteiger partial charge in [-0.25, -0.2) is 4.98 Å². The fourth-order valence-electron chi connectivity index (χ4n) is 1.24. The number of nitrogens with zero attached hydrogens (tertiary/aromatic N) is 1. The summed E-state index contributed by atoms with van der Waals surface area (Å²) in [6, 6.07) is 2.27. The zero-order chi connectivity index (χ0) is 12.1. The van der Waals surface area contributed by atoms with Crippen molar-refractivity contribution in [1.82, 2.24) is 10.3 Å². The van der Waals surface area contributed by atoms with Crippen LogP contribution in [0.5, 0.6) is 0 Å². The quantitative estimate of drug-likeness (QED) is 0.794. The Morgan fingerprint density at radius 3 is 2.94 bits per heavy atom. The van der Waals surface area contributed by atoms with Gasteiger partial charge in [0.15, 0.2) is 0 Å². The molecule has 1 rings (SSSR count). The highest BCUT2D eigenvalue weighted by Gasteiger charge is 2.11. The van der Waals surface area contributed by atoms with E-state index in [0.717, 1.165) is 6.07 Å². The van der Waals surface area contributed by atoms with E-state index >= 15 is 0 Å². The van der Waals surface area contributed by atoms with Gasteiger partial charge in [0.05, 0.1) is 0 Å². The van der Waals surface area contributed by atoms with Crippen molar-refractivity contribution in [2.24, 2.45) is 0 Å². The number of carbonyl (C=O) groups is 1. The third-order valence-electron chi connectivity index (χ3n) is 1.85. The maximum Gasteiger partial charge on any atom is 0.251 e. The molecule has 0 aliphatic heterocycles. The van der Waals surface area contributed by atoms with Gasteiger partial charge in [-0.2, -0.15) is 4.39 Å². The highest BCUT2D eigenvalue weighted by molar-refractivity contribution is 7.84. The molecule has 0 aromatic carbocycles. The predicted molar refractivity (Wildman–Crippen MR) is 60.1 cm³/mol. The molecule has 0 aliphatic rings. The molecule has 0 aliphatic carbocycles. The van der Waals surface area contributed by atoms with E-state index in [1.807, 2.05) is 0 Å². The van der Waals surface area contributed by atoms with Gasteiger partial charge in [-0.3, -0.25) is 9.00 Å². The lowest BCUT2D eigenvalue weighted by molar-refractivity contribution is 0.0943. The van der Waals surface area contributed by atoms with Crippen LogP contribution in [0.25, 0.3) is 0 Å². The summed E-state index contributed by atoms with van der Waals surface area (Å²) in [5, 5.41) is 2.63. The summed E-state index contributed by atoms with van der Waals surface area (Å²) in [5.74, 6) is -0.710. The Hall–Kier alpha value is -1.30. The van der Waals surface area contributed by atoms with Crippen LogP contribution < -0.4 is 5.32 Å². The summed E-state index contributed by atoms with van der Waals surface area (Å²) in [6.45, 7) is 1.75. The molecular formula is C10H13FN2O2S.